The summed E-state index contributed by atoms with van der Waals surface area (Å²) in [5, 5.41) is 8.90. The molecule has 2 rings (SSSR count). The van der Waals surface area contributed by atoms with Crippen LogP contribution in [0, 0.1) is 5.92 Å². The van der Waals surface area contributed by atoms with Crippen molar-refractivity contribution in [3.63, 3.8) is 0 Å². The highest BCUT2D eigenvalue weighted by Gasteiger charge is 2.06. The third-order valence-electron chi connectivity index (χ3n) is 3.99. The lowest BCUT2D eigenvalue weighted by Gasteiger charge is -2.15. The van der Waals surface area contributed by atoms with Gasteiger partial charge >= 0.3 is 0 Å². The lowest BCUT2D eigenvalue weighted by Crippen LogP contribution is -2.39. The summed E-state index contributed by atoms with van der Waals surface area (Å²) in [6.45, 7) is 7.87. The first kappa shape index (κ1) is 21.3. The van der Waals surface area contributed by atoms with E-state index in [4.69, 9.17) is 14.5 Å². The van der Waals surface area contributed by atoms with Gasteiger partial charge in [0.2, 0.25) is 0 Å². The molecule has 5 nitrogen and oxygen atoms in total. The standard InChI is InChI=1S/C21H31N3O2S/c1-4-22-21(23-15-17(2)14-20-6-5-13-27-20)24-16-18-7-9-19(10-8-18)26-12-11-25-3/h5-10,13,17H,4,11-12,14-16H2,1-3H3,(H2,22,23,24). The topological polar surface area (TPSA) is 54.9 Å². The predicted molar refractivity (Wildman–Crippen MR) is 114 cm³/mol. The third-order valence-corrected chi connectivity index (χ3v) is 4.89. The van der Waals surface area contributed by atoms with E-state index in [0.29, 0.717) is 25.7 Å². The second-order valence-corrected chi connectivity index (χ2v) is 7.48. The number of ether oxygens (including phenoxy) is 2. The molecule has 0 saturated carbocycles. The largest absolute Gasteiger partial charge is 0.491 e. The van der Waals surface area contributed by atoms with Crippen LogP contribution < -0.4 is 15.4 Å². The number of guanidine groups is 1. The van der Waals surface area contributed by atoms with Crippen molar-refractivity contribution in [2.45, 2.75) is 26.8 Å². The first-order chi connectivity index (χ1) is 13.2. The Bertz CT molecular complexity index is 657. The summed E-state index contributed by atoms with van der Waals surface area (Å²) in [7, 11) is 1.67. The molecule has 0 radical (unpaired) electrons. The molecule has 0 aliphatic carbocycles. The highest BCUT2D eigenvalue weighted by Crippen LogP contribution is 2.14. The van der Waals surface area contributed by atoms with Gasteiger partial charge in [0, 0.05) is 25.1 Å². The Balaban J connectivity index is 1.81. The summed E-state index contributed by atoms with van der Waals surface area (Å²) in [5.41, 5.74) is 1.15. The molecule has 0 amide bonds. The summed E-state index contributed by atoms with van der Waals surface area (Å²) < 4.78 is 10.6. The van der Waals surface area contributed by atoms with E-state index in [-0.39, 0.29) is 0 Å². The van der Waals surface area contributed by atoms with Crippen molar-refractivity contribution in [3.8, 4) is 5.75 Å². The van der Waals surface area contributed by atoms with Crippen molar-refractivity contribution in [2.75, 3.05) is 33.4 Å². The van der Waals surface area contributed by atoms with Crippen molar-refractivity contribution in [1.82, 2.24) is 10.6 Å². The number of hydrogen-bond acceptors (Lipinski definition) is 4. The van der Waals surface area contributed by atoms with Gasteiger partial charge in [0.25, 0.3) is 0 Å². The van der Waals surface area contributed by atoms with Gasteiger partial charge in [-0.05, 0) is 48.4 Å². The van der Waals surface area contributed by atoms with Crippen molar-refractivity contribution in [3.05, 3.63) is 52.2 Å². The van der Waals surface area contributed by atoms with E-state index in [1.54, 1.807) is 7.11 Å². The van der Waals surface area contributed by atoms with Gasteiger partial charge in [-0.1, -0.05) is 25.1 Å². The fourth-order valence-corrected chi connectivity index (χ4v) is 3.43. The summed E-state index contributed by atoms with van der Waals surface area (Å²) >= 11 is 1.82. The number of methoxy groups -OCH3 is 1. The lowest BCUT2D eigenvalue weighted by atomic mass is 10.1. The van der Waals surface area contributed by atoms with Crippen LogP contribution in [0.3, 0.4) is 0 Å². The van der Waals surface area contributed by atoms with E-state index in [1.165, 1.54) is 4.88 Å². The van der Waals surface area contributed by atoms with Gasteiger partial charge < -0.3 is 20.1 Å². The maximum absolute atomic E-state index is 5.59. The van der Waals surface area contributed by atoms with Crippen molar-refractivity contribution in [2.24, 2.45) is 10.9 Å². The van der Waals surface area contributed by atoms with Crippen LogP contribution in [0.5, 0.6) is 5.75 Å². The average molecular weight is 390 g/mol. The Labute approximate surface area is 166 Å². The molecule has 1 atom stereocenters. The van der Waals surface area contributed by atoms with Crippen LogP contribution in [0.4, 0.5) is 0 Å². The minimum absolute atomic E-state index is 0.552. The zero-order valence-electron chi connectivity index (χ0n) is 16.5. The highest BCUT2D eigenvalue weighted by atomic mass is 32.1. The number of benzene rings is 1. The van der Waals surface area contributed by atoms with Crippen LogP contribution in [0.2, 0.25) is 0 Å². The SMILES string of the molecule is CCNC(=NCc1ccc(OCCOC)cc1)NCC(C)Cc1cccs1. The Hall–Kier alpha value is -2.05. The third kappa shape index (κ3) is 8.45. The Morgan fingerprint density at radius 2 is 1.96 bits per heavy atom. The molecule has 2 aromatic rings. The van der Waals surface area contributed by atoms with E-state index in [2.05, 4.69) is 54.1 Å². The molecule has 2 N–H and O–H groups in total. The van der Waals surface area contributed by atoms with Crippen LogP contribution in [-0.4, -0.2) is 39.4 Å². The maximum Gasteiger partial charge on any atom is 0.191 e. The lowest BCUT2D eigenvalue weighted by molar-refractivity contribution is 0.146. The molecule has 1 aromatic carbocycles. The number of rotatable bonds is 11. The number of nitrogens with one attached hydrogen (secondary N) is 2. The Kier molecular flexibility index (Phi) is 9.73. The van der Waals surface area contributed by atoms with Crippen LogP contribution in [0.15, 0.2) is 46.8 Å². The molecule has 27 heavy (non-hydrogen) atoms. The van der Waals surface area contributed by atoms with Crippen molar-refractivity contribution < 1.29 is 9.47 Å². The second kappa shape index (κ2) is 12.4. The summed E-state index contributed by atoms with van der Waals surface area (Å²) in [5.74, 6) is 2.26. The second-order valence-electron chi connectivity index (χ2n) is 6.45. The van der Waals surface area contributed by atoms with E-state index in [9.17, 15) is 0 Å². The molecule has 0 spiro atoms. The van der Waals surface area contributed by atoms with Crippen LogP contribution >= 0.6 is 11.3 Å². The van der Waals surface area contributed by atoms with Gasteiger partial charge in [-0.3, -0.25) is 0 Å². The highest BCUT2D eigenvalue weighted by molar-refractivity contribution is 7.09. The first-order valence-corrected chi connectivity index (χ1v) is 10.3. The fourth-order valence-electron chi connectivity index (χ4n) is 2.56. The molecule has 1 heterocycles. The molecular weight excluding hydrogens is 358 g/mol. The number of nitrogens with zero attached hydrogens (tertiary/aromatic N) is 1. The molecule has 148 valence electrons. The van der Waals surface area contributed by atoms with Gasteiger partial charge in [-0.25, -0.2) is 4.99 Å². The minimum atomic E-state index is 0.552. The Morgan fingerprint density at radius 3 is 2.63 bits per heavy atom. The Morgan fingerprint density at radius 1 is 1.15 bits per heavy atom. The van der Waals surface area contributed by atoms with Crippen molar-refractivity contribution >= 4 is 17.3 Å². The molecule has 1 unspecified atom stereocenters. The maximum atomic E-state index is 5.59. The van der Waals surface area contributed by atoms with E-state index >= 15 is 0 Å². The van der Waals surface area contributed by atoms with Gasteiger partial charge in [0.15, 0.2) is 5.96 Å². The van der Waals surface area contributed by atoms with E-state index in [1.807, 2.05) is 23.5 Å². The minimum Gasteiger partial charge on any atom is -0.491 e. The monoisotopic (exact) mass is 389 g/mol. The van der Waals surface area contributed by atoms with Crippen LogP contribution in [0.1, 0.15) is 24.3 Å². The summed E-state index contributed by atoms with van der Waals surface area (Å²) in [6.07, 6.45) is 1.09. The average Bonchev–Trinajstić information content (AvgIpc) is 3.18. The molecule has 0 aliphatic heterocycles. The molecule has 0 aliphatic rings. The van der Waals surface area contributed by atoms with Gasteiger partial charge in [0.05, 0.1) is 13.2 Å². The zero-order chi connectivity index (χ0) is 19.3. The molecule has 0 saturated heterocycles. The zero-order valence-corrected chi connectivity index (χ0v) is 17.3. The van der Waals surface area contributed by atoms with Crippen LogP contribution in [0.25, 0.3) is 0 Å². The van der Waals surface area contributed by atoms with E-state index < -0.39 is 0 Å². The van der Waals surface area contributed by atoms with Gasteiger partial charge in [-0.15, -0.1) is 11.3 Å². The number of thiophene rings is 1. The smallest absolute Gasteiger partial charge is 0.191 e. The quantitative estimate of drug-likeness (QED) is 0.349. The van der Waals surface area contributed by atoms with Crippen LogP contribution in [-0.2, 0) is 17.7 Å². The van der Waals surface area contributed by atoms with Crippen molar-refractivity contribution in [1.29, 1.82) is 0 Å². The number of aliphatic imine (C=N–C) groups is 1. The first-order valence-electron chi connectivity index (χ1n) is 9.46. The molecule has 1 aromatic heterocycles. The summed E-state index contributed by atoms with van der Waals surface area (Å²) in [4.78, 5) is 6.12. The molecular formula is C21H31N3O2S. The molecule has 0 bridgehead atoms. The predicted octanol–water partition coefficient (Wildman–Crippen LogP) is 3.71. The normalized spacial score (nSPS) is 12.6. The van der Waals surface area contributed by atoms with Gasteiger partial charge in [0.1, 0.15) is 12.4 Å². The van der Waals surface area contributed by atoms with E-state index in [0.717, 1.165) is 36.8 Å². The fraction of sp³-hybridized carbons (Fsp3) is 0.476. The van der Waals surface area contributed by atoms with Gasteiger partial charge in [-0.2, -0.15) is 0 Å². The molecule has 0 fully saturated rings. The molecule has 6 heteroatoms. The summed E-state index contributed by atoms with van der Waals surface area (Å²) in [6, 6.07) is 12.4. The number of hydrogen-bond donors (Lipinski definition) is 2.